The summed E-state index contributed by atoms with van der Waals surface area (Å²) in [6.45, 7) is 4.50. The molecule has 0 aliphatic carbocycles. The molecule has 4 aromatic rings. The van der Waals surface area contributed by atoms with Gasteiger partial charge in [0, 0.05) is 29.7 Å². The van der Waals surface area contributed by atoms with Crippen LogP contribution in [0.1, 0.15) is 13.8 Å². The molecule has 2 atom stereocenters. The van der Waals surface area contributed by atoms with Gasteiger partial charge < -0.3 is 4.74 Å². The molecule has 35 heavy (non-hydrogen) atoms. The van der Waals surface area contributed by atoms with Crippen LogP contribution in [0.4, 0.5) is 5.69 Å². The van der Waals surface area contributed by atoms with Crippen molar-refractivity contribution in [2.75, 3.05) is 13.1 Å². The van der Waals surface area contributed by atoms with Gasteiger partial charge in [-0.3, -0.25) is 4.57 Å². The monoisotopic (exact) mass is 505 g/mol. The third-order valence-corrected chi connectivity index (χ3v) is 8.51. The van der Waals surface area contributed by atoms with Crippen molar-refractivity contribution in [3.8, 4) is 16.9 Å². The molecule has 1 aromatic heterocycles. The summed E-state index contributed by atoms with van der Waals surface area (Å²) in [5.41, 5.74) is 3.52. The number of ether oxygens (including phenoxy) is 1. The van der Waals surface area contributed by atoms with Crippen LogP contribution in [0.3, 0.4) is 0 Å². The van der Waals surface area contributed by atoms with Gasteiger partial charge in [-0.2, -0.15) is 4.31 Å². The zero-order chi connectivity index (χ0) is 24.4. The fourth-order valence-corrected chi connectivity index (χ4v) is 6.88. The SMILES string of the molecule is CC1CN(S(=O)(=O)c2cccc(-c3csc(=Nc4ccccc4)n3-c3ccccc3)c2)CC(C)O1. The number of nitrogens with zero attached hydrogens (tertiary/aromatic N) is 3. The highest BCUT2D eigenvalue weighted by Gasteiger charge is 2.32. The van der Waals surface area contributed by atoms with E-state index in [9.17, 15) is 8.42 Å². The first kappa shape index (κ1) is 23.7. The number of hydrogen-bond donors (Lipinski definition) is 0. The van der Waals surface area contributed by atoms with Crippen LogP contribution in [0.25, 0.3) is 16.9 Å². The van der Waals surface area contributed by atoms with Gasteiger partial charge in [0.15, 0.2) is 4.80 Å². The predicted molar refractivity (Wildman–Crippen MR) is 140 cm³/mol. The van der Waals surface area contributed by atoms with E-state index in [0.717, 1.165) is 27.4 Å². The lowest BCUT2D eigenvalue weighted by atomic mass is 10.1. The van der Waals surface area contributed by atoms with Crippen LogP contribution in [0, 0.1) is 0 Å². The molecule has 2 unspecified atom stereocenters. The number of aromatic nitrogens is 1. The van der Waals surface area contributed by atoms with Crippen LogP contribution in [0.5, 0.6) is 0 Å². The van der Waals surface area contributed by atoms with E-state index in [0.29, 0.717) is 13.1 Å². The van der Waals surface area contributed by atoms with Crippen LogP contribution in [-0.2, 0) is 14.8 Å². The fourth-order valence-electron chi connectivity index (χ4n) is 4.32. The van der Waals surface area contributed by atoms with Crippen molar-refractivity contribution in [3.05, 3.63) is 95.1 Å². The van der Waals surface area contributed by atoms with Gasteiger partial charge >= 0.3 is 0 Å². The summed E-state index contributed by atoms with van der Waals surface area (Å²) in [6, 6.07) is 27.0. The van der Waals surface area contributed by atoms with Crippen molar-refractivity contribution in [1.82, 2.24) is 8.87 Å². The normalized spacial score (nSPS) is 19.7. The summed E-state index contributed by atoms with van der Waals surface area (Å²) < 4.78 is 36.4. The number of sulfonamides is 1. The van der Waals surface area contributed by atoms with E-state index in [2.05, 4.69) is 4.57 Å². The van der Waals surface area contributed by atoms with Gasteiger partial charge in [-0.1, -0.05) is 48.5 Å². The highest BCUT2D eigenvalue weighted by molar-refractivity contribution is 7.89. The molecule has 8 heteroatoms. The zero-order valence-corrected chi connectivity index (χ0v) is 21.2. The molecule has 1 fully saturated rings. The average Bonchev–Trinajstić information content (AvgIpc) is 3.28. The molecule has 0 saturated carbocycles. The van der Waals surface area contributed by atoms with Crippen molar-refractivity contribution in [1.29, 1.82) is 0 Å². The molecule has 0 amide bonds. The highest BCUT2D eigenvalue weighted by Crippen LogP contribution is 2.28. The minimum absolute atomic E-state index is 0.143. The Kier molecular flexibility index (Phi) is 6.71. The standard InChI is InChI=1S/C27H27N3O3S2/c1-20-17-29(18-21(2)33-20)35(31,32)25-15-9-10-22(16-25)26-19-34-27(28-23-11-5-3-6-12-23)30(26)24-13-7-4-8-14-24/h3-16,19-21H,17-18H2,1-2H3. The summed E-state index contributed by atoms with van der Waals surface area (Å²) in [7, 11) is -3.65. The molecule has 2 heterocycles. The Bertz CT molecular complexity index is 1470. The lowest BCUT2D eigenvalue weighted by Gasteiger charge is -2.34. The Morgan fingerprint density at radius 2 is 1.54 bits per heavy atom. The van der Waals surface area contributed by atoms with Crippen LogP contribution < -0.4 is 4.80 Å². The van der Waals surface area contributed by atoms with Crippen LogP contribution >= 0.6 is 11.3 Å². The first-order chi connectivity index (χ1) is 16.9. The Hall–Kier alpha value is -3.04. The Morgan fingerprint density at radius 1 is 0.886 bits per heavy atom. The highest BCUT2D eigenvalue weighted by atomic mass is 32.2. The van der Waals surface area contributed by atoms with Crippen molar-refractivity contribution >= 4 is 27.0 Å². The van der Waals surface area contributed by atoms with E-state index >= 15 is 0 Å². The topological polar surface area (TPSA) is 63.9 Å². The van der Waals surface area contributed by atoms with Gasteiger partial charge in [0.05, 0.1) is 28.5 Å². The van der Waals surface area contributed by atoms with Crippen LogP contribution in [0.2, 0.25) is 0 Å². The largest absolute Gasteiger partial charge is 0.373 e. The van der Waals surface area contributed by atoms with E-state index in [1.54, 1.807) is 18.2 Å². The molecular weight excluding hydrogens is 478 g/mol. The number of hydrogen-bond acceptors (Lipinski definition) is 5. The summed E-state index contributed by atoms with van der Waals surface area (Å²) in [6.07, 6.45) is -0.285. The lowest BCUT2D eigenvalue weighted by molar-refractivity contribution is -0.0440. The predicted octanol–water partition coefficient (Wildman–Crippen LogP) is 5.24. The van der Waals surface area contributed by atoms with Crippen molar-refractivity contribution in [2.45, 2.75) is 31.0 Å². The smallest absolute Gasteiger partial charge is 0.243 e. The summed E-state index contributed by atoms with van der Waals surface area (Å²) in [5, 5.41) is 2.03. The molecule has 0 bridgehead atoms. The maximum Gasteiger partial charge on any atom is 0.243 e. The number of benzene rings is 3. The quantitative estimate of drug-likeness (QED) is 0.373. The Morgan fingerprint density at radius 3 is 2.23 bits per heavy atom. The third-order valence-electron chi connectivity index (χ3n) is 5.86. The van der Waals surface area contributed by atoms with Crippen LogP contribution in [-0.4, -0.2) is 42.6 Å². The number of rotatable bonds is 5. The first-order valence-corrected chi connectivity index (χ1v) is 13.9. The second kappa shape index (κ2) is 9.91. The van der Waals surface area contributed by atoms with E-state index in [1.807, 2.05) is 86.0 Å². The number of thiazole rings is 1. The summed E-state index contributed by atoms with van der Waals surface area (Å²) in [4.78, 5) is 5.95. The van der Waals surface area contributed by atoms with Gasteiger partial charge in [-0.15, -0.1) is 11.3 Å². The third kappa shape index (κ3) is 5.01. The lowest BCUT2D eigenvalue weighted by Crippen LogP contribution is -2.48. The molecule has 180 valence electrons. The Balaban J connectivity index is 1.61. The zero-order valence-electron chi connectivity index (χ0n) is 19.6. The minimum atomic E-state index is -3.65. The molecule has 0 radical (unpaired) electrons. The van der Waals surface area contributed by atoms with Crippen molar-refractivity contribution < 1.29 is 13.2 Å². The molecule has 1 aliphatic rings. The molecule has 0 spiro atoms. The molecule has 1 aliphatic heterocycles. The van der Waals surface area contributed by atoms with Crippen molar-refractivity contribution in [2.24, 2.45) is 4.99 Å². The molecule has 0 N–H and O–H groups in total. The Labute approximate surface area is 209 Å². The van der Waals surface area contributed by atoms with Gasteiger partial charge in [-0.25, -0.2) is 13.4 Å². The van der Waals surface area contributed by atoms with Gasteiger partial charge in [0.1, 0.15) is 0 Å². The second-order valence-corrected chi connectivity index (χ2v) is 11.4. The van der Waals surface area contributed by atoms with Gasteiger partial charge in [0.2, 0.25) is 10.0 Å². The van der Waals surface area contributed by atoms with E-state index in [4.69, 9.17) is 9.73 Å². The number of morpholine rings is 1. The second-order valence-electron chi connectivity index (χ2n) is 8.63. The van der Waals surface area contributed by atoms with Crippen LogP contribution in [0.15, 0.2) is 100 Å². The first-order valence-electron chi connectivity index (χ1n) is 11.5. The maximum atomic E-state index is 13.5. The van der Waals surface area contributed by atoms with E-state index in [-0.39, 0.29) is 17.1 Å². The summed E-state index contributed by atoms with van der Waals surface area (Å²) >= 11 is 1.52. The molecule has 5 rings (SSSR count). The van der Waals surface area contributed by atoms with Gasteiger partial charge in [-0.05, 0) is 50.2 Å². The van der Waals surface area contributed by atoms with Crippen molar-refractivity contribution in [3.63, 3.8) is 0 Å². The maximum absolute atomic E-state index is 13.5. The number of para-hydroxylation sites is 2. The molecular formula is C27H27N3O3S2. The molecule has 3 aromatic carbocycles. The summed E-state index contributed by atoms with van der Waals surface area (Å²) in [5.74, 6) is 0. The van der Waals surface area contributed by atoms with Gasteiger partial charge in [0.25, 0.3) is 0 Å². The van der Waals surface area contributed by atoms with E-state index < -0.39 is 10.0 Å². The average molecular weight is 506 g/mol. The fraction of sp³-hybridized carbons (Fsp3) is 0.222. The molecule has 6 nitrogen and oxygen atoms in total. The van der Waals surface area contributed by atoms with E-state index in [1.165, 1.54) is 15.6 Å². The molecule has 1 saturated heterocycles. The minimum Gasteiger partial charge on any atom is -0.373 e.